The van der Waals surface area contributed by atoms with Gasteiger partial charge in [0.05, 0.1) is 10.7 Å². The fraction of sp³-hybridized carbons (Fsp3) is 0.158. The summed E-state index contributed by atoms with van der Waals surface area (Å²) in [5.74, 6) is 0.441. The van der Waals surface area contributed by atoms with Crippen molar-refractivity contribution in [2.24, 2.45) is 0 Å². The van der Waals surface area contributed by atoms with E-state index in [-0.39, 0.29) is 12.5 Å². The summed E-state index contributed by atoms with van der Waals surface area (Å²) in [5, 5.41) is 6.56. The topological polar surface area (TPSA) is 51.2 Å². The number of nitrogens with zero attached hydrogens (tertiary/aromatic N) is 1. The van der Waals surface area contributed by atoms with Crippen molar-refractivity contribution in [3.8, 4) is 17.0 Å². The smallest absolute Gasteiger partial charge is 0.258 e. The number of aromatic nitrogens is 1. The standard InChI is InChI=1S/C19H17ClN2O2S/c1-13-22-18(12-25-13)15-4-2-14(3-5-15)10-21-19(23)11-24-17-8-6-16(20)7-9-17/h2-9,12H,10-11H2,1H3,(H,21,23). The summed E-state index contributed by atoms with van der Waals surface area (Å²) in [6, 6.07) is 14.9. The van der Waals surface area contributed by atoms with Crippen molar-refractivity contribution < 1.29 is 9.53 Å². The molecule has 25 heavy (non-hydrogen) atoms. The number of thiazole rings is 1. The van der Waals surface area contributed by atoms with Gasteiger partial charge in [0.2, 0.25) is 0 Å². The lowest BCUT2D eigenvalue weighted by Gasteiger charge is -2.08. The molecule has 128 valence electrons. The molecule has 0 aliphatic carbocycles. The molecule has 0 saturated heterocycles. The second-order valence-corrected chi connectivity index (χ2v) is 6.97. The Morgan fingerprint density at radius 1 is 1.16 bits per heavy atom. The van der Waals surface area contributed by atoms with E-state index in [1.807, 2.05) is 36.6 Å². The Hall–Kier alpha value is -2.37. The van der Waals surface area contributed by atoms with E-state index in [0.29, 0.717) is 17.3 Å². The molecule has 4 nitrogen and oxygen atoms in total. The summed E-state index contributed by atoms with van der Waals surface area (Å²) in [6.45, 7) is 2.42. The van der Waals surface area contributed by atoms with Crippen LogP contribution in [0.5, 0.6) is 5.75 Å². The Labute approximate surface area is 155 Å². The predicted octanol–water partition coefficient (Wildman–Crippen LogP) is 4.47. The van der Waals surface area contributed by atoms with Crippen LogP contribution in [0.15, 0.2) is 53.9 Å². The highest BCUT2D eigenvalue weighted by Gasteiger charge is 2.05. The Bertz CT molecular complexity index is 845. The number of amides is 1. The van der Waals surface area contributed by atoms with E-state index in [2.05, 4.69) is 10.3 Å². The first-order chi connectivity index (χ1) is 12.1. The van der Waals surface area contributed by atoms with Crippen LogP contribution >= 0.6 is 22.9 Å². The summed E-state index contributed by atoms with van der Waals surface area (Å²) in [6.07, 6.45) is 0. The molecule has 1 amide bonds. The zero-order valence-corrected chi connectivity index (χ0v) is 15.2. The van der Waals surface area contributed by atoms with Gasteiger partial charge >= 0.3 is 0 Å². The lowest BCUT2D eigenvalue weighted by molar-refractivity contribution is -0.123. The molecule has 6 heteroatoms. The second-order valence-electron chi connectivity index (χ2n) is 5.47. The van der Waals surface area contributed by atoms with Crippen LogP contribution in [0.1, 0.15) is 10.6 Å². The average Bonchev–Trinajstić information content (AvgIpc) is 3.06. The second kappa shape index (κ2) is 8.14. The molecular weight excluding hydrogens is 356 g/mol. The van der Waals surface area contributed by atoms with E-state index in [4.69, 9.17) is 16.3 Å². The summed E-state index contributed by atoms with van der Waals surface area (Å²) in [7, 11) is 0. The Balaban J connectivity index is 1.47. The minimum Gasteiger partial charge on any atom is -0.484 e. The molecule has 0 spiro atoms. The highest BCUT2D eigenvalue weighted by Crippen LogP contribution is 2.21. The van der Waals surface area contributed by atoms with Gasteiger partial charge in [-0.25, -0.2) is 4.98 Å². The lowest BCUT2D eigenvalue weighted by Crippen LogP contribution is -2.28. The average molecular weight is 373 g/mol. The van der Waals surface area contributed by atoms with Crippen LogP contribution < -0.4 is 10.1 Å². The number of benzene rings is 2. The maximum Gasteiger partial charge on any atom is 0.258 e. The largest absolute Gasteiger partial charge is 0.484 e. The molecule has 1 N–H and O–H groups in total. The number of ether oxygens (including phenoxy) is 1. The van der Waals surface area contributed by atoms with Crippen molar-refractivity contribution in [2.75, 3.05) is 6.61 Å². The number of carbonyl (C=O) groups is 1. The highest BCUT2D eigenvalue weighted by molar-refractivity contribution is 7.09. The van der Waals surface area contributed by atoms with Crippen molar-refractivity contribution in [3.05, 3.63) is 69.5 Å². The summed E-state index contributed by atoms with van der Waals surface area (Å²) < 4.78 is 5.41. The van der Waals surface area contributed by atoms with Gasteiger partial charge in [-0.1, -0.05) is 35.9 Å². The van der Waals surface area contributed by atoms with Crippen molar-refractivity contribution in [1.29, 1.82) is 0 Å². The maximum absolute atomic E-state index is 11.9. The van der Waals surface area contributed by atoms with Crippen molar-refractivity contribution >= 4 is 28.8 Å². The molecule has 3 rings (SSSR count). The lowest BCUT2D eigenvalue weighted by atomic mass is 10.1. The van der Waals surface area contributed by atoms with Crippen molar-refractivity contribution in [1.82, 2.24) is 10.3 Å². The number of halogens is 1. The van der Waals surface area contributed by atoms with Crippen LogP contribution in [0.25, 0.3) is 11.3 Å². The number of hydrogen-bond donors (Lipinski definition) is 1. The summed E-state index contributed by atoms with van der Waals surface area (Å²) >= 11 is 7.44. The molecule has 0 bridgehead atoms. The van der Waals surface area contributed by atoms with Crippen LogP contribution in [0.3, 0.4) is 0 Å². The minimum atomic E-state index is -0.172. The molecule has 0 radical (unpaired) electrons. The minimum absolute atomic E-state index is 0.0299. The molecule has 0 unspecified atom stereocenters. The zero-order chi connectivity index (χ0) is 17.6. The van der Waals surface area contributed by atoms with Crippen LogP contribution in [0.2, 0.25) is 5.02 Å². The van der Waals surface area contributed by atoms with Crippen molar-refractivity contribution in [3.63, 3.8) is 0 Å². The monoisotopic (exact) mass is 372 g/mol. The first-order valence-electron chi connectivity index (χ1n) is 7.77. The van der Waals surface area contributed by atoms with Gasteiger partial charge in [0, 0.05) is 22.5 Å². The van der Waals surface area contributed by atoms with E-state index in [1.165, 1.54) is 0 Å². The number of rotatable bonds is 6. The fourth-order valence-electron chi connectivity index (χ4n) is 2.22. The number of nitrogens with one attached hydrogen (secondary N) is 1. The van der Waals surface area contributed by atoms with E-state index < -0.39 is 0 Å². The molecule has 0 atom stereocenters. The van der Waals surface area contributed by atoms with E-state index in [1.54, 1.807) is 35.6 Å². The van der Waals surface area contributed by atoms with Crippen LogP contribution in [0.4, 0.5) is 0 Å². The summed E-state index contributed by atoms with van der Waals surface area (Å²) in [4.78, 5) is 16.3. The first kappa shape index (κ1) is 17.5. The maximum atomic E-state index is 11.9. The highest BCUT2D eigenvalue weighted by atomic mass is 35.5. The van der Waals surface area contributed by atoms with Crippen LogP contribution in [-0.4, -0.2) is 17.5 Å². The first-order valence-corrected chi connectivity index (χ1v) is 9.02. The van der Waals surface area contributed by atoms with Gasteiger partial charge in [-0.3, -0.25) is 4.79 Å². The SMILES string of the molecule is Cc1nc(-c2ccc(CNC(=O)COc3ccc(Cl)cc3)cc2)cs1. The molecule has 0 fully saturated rings. The molecule has 1 aromatic heterocycles. The molecule has 0 saturated carbocycles. The molecule has 0 aliphatic heterocycles. The van der Waals surface area contributed by atoms with Crippen LogP contribution in [0, 0.1) is 6.92 Å². The third-order valence-corrected chi connectivity index (χ3v) is 4.57. The summed E-state index contributed by atoms with van der Waals surface area (Å²) in [5.41, 5.74) is 3.08. The third kappa shape index (κ3) is 5.05. The molecular formula is C19H17ClN2O2S. The van der Waals surface area contributed by atoms with Gasteiger partial charge in [-0.05, 0) is 36.8 Å². The van der Waals surface area contributed by atoms with E-state index >= 15 is 0 Å². The quantitative estimate of drug-likeness (QED) is 0.694. The van der Waals surface area contributed by atoms with Gasteiger partial charge in [-0.2, -0.15) is 0 Å². The van der Waals surface area contributed by atoms with Crippen molar-refractivity contribution in [2.45, 2.75) is 13.5 Å². The third-order valence-electron chi connectivity index (χ3n) is 3.54. The Morgan fingerprint density at radius 2 is 1.88 bits per heavy atom. The number of hydrogen-bond acceptors (Lipinski definition) is 4. The Morgan fingerprint density at radius 3 is 2.52 bits per heavy atom. The normalized spacial score (nSPS) is 10.5. The predicted molar refractivity (Wildman–Crippen MR) is 101 cm³/mol. The molecule has 3 aromatic rings. The zero-order valence-electron chi connectivity index (χ0n) is 13.7. The van der Waals surface area contributed by atoms with E-state index in [9.17, 15) is 4.79 Å². The van der Waals surface area contributed by atoms with Gasteiger partial charge in [0.1, 0.15) is 5.75 Å². The van der Waals surface area contributed by atoms with Gasteiger partial charge in [-0.15, -0.1) is 11.3 Å². The number of aryl methyl sites for hydroxylation is 1. The molecule has 1 heterocycles. The van der Waals surface area contributed by atoms with E-state index in [0.717, 1.165) is 21.8 Å². The van der Waals surface area contributed by atoms with Crippen LogP contribution in [-0.2, 0) is 11.3 Å². The number of carbonyl (C=O) groups excluding carboxylic acids is 1. The van der Waals surface area contributed by atoms with Gasteiger partial charge in [0.15, 0.2) is 6.61 Å². The molecule has 0 aliphatic rings. The van der Waals surface area contributed by atoms with Gasteiger partial charge < -0.3 is 10.1 Å². The van der Waals surface area contributed by atoms with Gasteiger partial charge in [0.25, 0.3) is 5.91 Å². The molecule has 2 aromatic carbocycles. The Kier molecular flexibility index (Phi) is 5.68. The fourth-order valence-corrected chi connectivity index (χ4v) is 2.97.